The second-order valence-corrected chi connectivity index (χ2v) is 11.7. The van der Waals surface area contributed by atoms with Crippen LogP contribution in [0.1, 0.15) is 58.6 Å². The Balaban J connectivity index is 1.48. The zero-order valence-corrected chi connectivity index (χ0v) is 25.6. The number of benzene rings is 4. The van der Waals surface area contributed by atoms with E-state index in [0.717, 1.165) is 35.9 Å². The summed E-state index contributed by atoms with van der Waals surface area (Å²) >= 11 is 0. The van der Waals surface area contributed by atoms with Crippen LogP contribution in [0.15, 0.2) is 84.9 Å². The van der Waals surface area contributed by atoms with Crippen LogP contribution in [0.25, 0.3) is 11.1 Å². The molecule has 0 saturated carbocycles. The lowest BCUT2D eigenvalue weighted by atomic mass is 9.89. The first kappa shape index (κ1) is 31.8. The number of fused-ring (bicyclic) bond motifs is 3. The molecule has 1 aliphatic carbocycles. The highest BCUT2D eigenvalue weighted by molar-refractivity contribution is 6.09. The van der Waals surface area contributed by atoms with E-state index >= 15 is 0 Å². The summed E-state index contributed by atoms with van der Waals surface area (Å²) in [5.41, 5.74) is 4.93. The molecule has 1 aliphatic heterocycles. The Morgan fingerprint density at radius 3 is 2.36 bits per heavy atom. The number of carbonyl (C=O) groups is 3. The molecule has 1 saturated heterocycles. The van der Waals surface area contributed by atoms with Crippen molar-refractivity contribution in [2.75, 3.05) is 29.9 Å². The van der Waals surface area contributed by atoms with Gasteiger partial charge in [0.1, 0.15) is 24.3 Å². The van der Waals surface area contributed by atoms with Gasteiger partial charge in [0, 0.05) is 36.4 Å². The van der Waals surface area contributed by atoms with Crippen molar-refractivity contribution in [1.82, 2.24) is 5.32 Å². The Morgan fingerprint density at radius 2 is 1.62 bits per heavy atom. The molecule has 1 unspecified atom stereocenters. The first-order valence-electron chi connectivity index (χ1n) is 15.7. The lowest BCUT2D eigenvalue weighted by Gasteiger charge is -2.29. The molecule has 1 fully saturated rings. The van der Waals surface area contributed by atoms with Gasteiger partial charge >= 0.3 is 6.18 Å². The van der Waals surface area contributed by atoms with E-state index in [-0.39, 0.29) is 6.42 Å². The summed E-state index contributed by atoms with van der Waals surface area (Å²) in [7, 11) is 0. The largest absolute Gasteiger partial charge is 0.457 e. The number of carbonyl (C=O) groups excluding carboxylic acids is 3. The number of para-hydroxylation sites is 2. The van der Waals surface area contributed by atoms with Crippen LogP contribution in [0.4, 0.5) is 24.5 Å². The molecular formula is C37H34F3N3O4. The summed E-state index contributed by atoms with van der Waals surface area (Å²) in [5, 5.41) is 5.23. The molecule has 0 spiro atoms. The van der Waals surface area contributed by atoms with Gasteiger partial charge in [0.25, 0.3) is 5.91 Å². The molecule has 10 heteroatoms. The van der Waals surface area contributed by atoms with E-state index in [1.807, 2.05) is 36.4 Å². The lowest BCUT2D eigenvalue weighted by molar-refractivity contribution is -0.138. The number of aldehydes is 1. The van der Waals surface area contributed by atoms with Crippen LogP contribution in [0, 0.1) is 0 Å². The van der Waals surface area contributed by atoms with Crippen molar-refractivity contribution in [2.45, 2.75) is 44.2 Å². The van der Waals surface area contributed by atoms with Gasteiger partial charge in [-0.3, -0.25) is 9.59 Å². The monoisotopic (exact) mass is 641 g/mol. The normalized spacial score (nSPS) is 15.1. The molecular weight excluding hydrogens is 607 g/mol. The fourth-order valence-corrected chi connectivity index (χ4v) is 6.53. The van der Waals surface area contributed by atoms with Crippen LogP contribution in [0.3, 0.4) is 0 Å². The van der Waals surface area contributed by atoms with Crippen LogP contribution in [0.5, 0.6) is 11.5 Å². The molecule has 242 valence electrons. The molecule has 6 rings (SSSR count). The van der Waals surface area contributed by atoms with E-state index in [1.165, 1.54) is 0 Å². The average molecular weight is 642 g/mol. The lowest BCUT2D eigenvalue weighted by Crippen LogP contribution is -2.37. The van der Waals surface area contributed by atoms with E-state index in [0.29, 0.717) is 65.4 Å². The SMILES string of the molecule is O=CCCCc1c(NC(=O)c2ccccc2Oc2ccccc2)cc2c(c1N1CCCC1)C(C(=O)NCC(F)(F)F)c1ccccc1-2. The minimum atomic E-state index is -4.57. The van der Waals surface area contributed by atoms with Crippen molar-refractivity contribution in [3.63, 3.8) is 0 Å². The second kappa shape index (κ2) is 13.7. The van der Waals surface area contributed by atoms with Crippen LogP contribution in [-0.2, 0) is 16.0 Å². The molecule has 47 heavy (non-hydrogen) atoms. The van der Waals surface area contributed by atoms with E-state index < -0.39 is 30.5 Å². The van der Waals surface area contributed by atoms with Crippen LogP contribution in [-0.4, -0.2) is 43.9 Å². The summed E-state index contributed by atoms with van der Waals surface area (Å²) in [6.07, 6.45) is -0.749. The maximum Gasteiger partial charge on any atom is 0.405 e. The van der Waals surface area contributed by atoms with Crippen molar-refractivity contribution in [2.24, 2.45) is 0 Å². The minimum absolute atomic E-state index is 0.285. The second-order valence-electron chi connectivity index (χ2n) is 11.7. The summed E-state index contributed by atoms with van der Waals surface area (Å²) in [6, 6.07) is 25.1. The highest BCUT2D eigenvalue weighted by Gasteiger charge is 2.40. The van der Waals surface area contributed by atoms with Crippen molar-refractivity contribution < 1.29 is 32.3 Å². The average Bonchev–Trinajstić information content (AvgIpc) is 3.71. The molecule has 4 aromatic rings. The van der Waals surface area contributed by atoms with Gasteiger partial charge in [0.05, 0.1) is 11.5 Å². The first-order chi connectivity index (χ1) is 22.7. The quantitative estimate of drug-likeness (QED) is 0.130. The molecule has 2 amide bonds. The van der Waals surface area contributed by atoms with Gasteiger partial charge < -0.3 is 25.1 Å². The van der Waals surface area contributed by atoms with Gasteiger partial charge in [-0.1, -0.05) is 54.6 Å². The smallest absolute Gasteiger partial charge is 0.405 e. The Labute approximate surface area is 270 Å². The number of ether oxygens (including phenoxy) is 1. The zero-order valence-electron chi connectivity index (χ0n) is 25.6. The summed E-state index contributed by atoms with van der Waals surface area (Å²) in [6.45, 7) is -0.0688. The predicted octanol–water partition coefficient (Wildman–Crippen LogP) is 7.64. The van der Waals surface area contributed by atoms with Gasteiger partial charge in [-0.2, -0.15) is 13.2 Å². The van der Waals surface area contributed by atoms with E-state index in [9.17, 15) is 27.6 Å². The highest BCUT2D eigenvalue weighted by Crippen LogP contribution is 2.53. The topological polar surface area (TPSA) is 87.7 Å². The van der Waals surface area contributed by atoms with Crippen LogP contribution >= 0.6 is 0 Å². The van der Waals surface area contributed by atoms with E-state index in [1.54, 1.807) is 48.5 Å². The fraction of sp³-hybridized carbons (Fsp3) is 0.270. The molecule has 0 radical (unpaired) electrons. The summed E-state index contributed by atoms with van der Waals surface area (Å²) < 4.78 is 45.7. The molecule has 4 aromatic carbocycles. The summed E-state index contributed by atoms with van der Waals surface area (Å²) in [5.74, 6) is -1.19. The first-order valence-corrected chi connectivity index (χ1v) is 15.7. The standard InChI is InChI=1S/C37H34F3N3O4/c38-37(39,40)23-41-36(46)33-26-15-5-4-14-25(26)29-22-30(27(16-8-11-21-44)34(32(29)33)43-19-9-10-20-43)42-35(45)28-17-6-7-18-31(28)47-24-12-2-1-3-13-24/h1-7,12-15,17-18,21-22,33H,8-11,16,19-20,23H2,(H,41,46)(H,42,45). The maximum absolute atomic E-state index is 14.0. The van der Waals surface area contributed by atoms with Gasteiger partial charge in [0.2, 0.25) is 5.91 Å². The highest BCUT2D eigenvalue weighted by atomic mass is 19.4. The Hall–Kier alpha value is -5.12. The van der Waals surface area contributed by atoms with Crippen molar-refractivity contribution in [3.8, 4) is 22.6 Å². The Bertz CT molecular complexity index is 1790. The summed E-state index contributed by atoms with van der Waals surface area (Å²) in [4.78, 5) is 41.2. The number of hydrogen-bond donors (Lipinski definition) is 2. The maximum atomic E-state index is 14.0. The number of nitrogens with one attached hydrogen (secondary N) is 2. The van der Waals surface area contributed by atoms with Gasteiger partial charge in [-0.25, -0.2) is 0 Å². The third kappa shape index (κ3) is 6.86. The minimum Gasteiger partial charge on any atom is -0.457 e. The number of alkyl halides is 3. The predicted molar refractivity (Wildman–Crippen MR) is 174 cm³/mol. The molecule has 0 aromatic heterocycles. The van der Waals surface area contributed by atoms with E-state index in [4.69, 9.17) is 4.74 Å². The number of amides is 2. The Morgan fingerprint density at radius 1 is 0.915 bits per heavy atom. The number of halogens is 3. The van der Waals surface area contributed by atoms with E-state index in [2.05, 4.69) is 15.5 Å². The fourth-order valence-electron chi connectivity index (χ4n) is 6.53. The third-order valence-corrected chi connectivity index (χ3v) is 8.54. The van der Waals surface area contributed by atoms with Gasteiger partial charge in [-0.15, -0.1) is 0 Å². The number of rotatable bonds is 11. The number of unbranched alkanes of at least 4 members (excludes halogenated alkanes) is 1. The van der Waals surface area contributed by atoms with Crippen LogP contribution < -0.4 is 20.3 Å². The van der Waals surface area contributed by atoms with Crippen molar-refractivity contribution in [1.29, 1.82) is 0 Å². The van der Waals surface area contributed by atoms with Crippen molar-refractivity contribution >= 4 is 29.5 Å². The molecule has 2 aliphatic rings. The Kier molecular flexibility index (Phi) is 9.29. The molecule has 1 heterocycles. The molecule has 2 N–H and O–H groups in total. The molecule has 0 bridgehead atoms. The zero-order chi connectivity index (χ0) is 33.0. The van der Waals surface area contributed by atoms with Gasteiger partial charge in [0.15, 0.2) is 0 Å². The van der Waals surface area contributed by atoms with Gasteiger partial charge in [-0.05, 0) is 78.3 Å². The number of hydrogen-bond acceptors (Lipinski definition) is 5. The molecule has 7 nitrogen and oxygen atoms in total. The van der Waals surface area contributed by atoms with Crippen molar-refractivity contribution in [3.05, 3.63) is 107 Å². The molecule has 1 atom stereocenters. The number of anilines is 2. The van der Waals surface area contributed by atoms with Crippen LogP contribution in [0.2, 0.25) is 0 Å². The number of nitrogens with zero attached hydrogens (tertiary/aromatic N) is 1. The third-order valence-electron chi connectivity index (χ3n) is 8.54.